The average Bonchev–Trinajstić information content (AvgIpc) is 2.71. The maximum absolute atomic E-state index is 12.0. The van der Waals surface area contributed by atoms with Crippen molar-refractivity contribution in [2.45, 2.75) is 51.9 Å². The molecule has 0 aromatic heterocycles. The summed E-state index contributed by atoms with van der Waals surface area (Å²) in [4.78, 5) is 12.0. The van der Waals surface area contributed by atoms with Gasteiger partial charge in [-0.05, 0) is 49.4 Å². The summed E-state index contributed by atoms with van der Waals surface area (Å²) in [6.45, 7) is 2.30. The van der Waals surface area contributed by atoms with E-state index in [1.807, 2.05) is 0 Å². The molecule has 14 heavy (non-hydrogen) atoms. The van der Waals surface area contributed by atoms with Crippen molar-refractivity contribution in [3.05, 3.63) is 0 Å². The number of carbonyl (C=O) groups excluding carboxylic acids is 1. The molecule has 2 unspecified atom stereocenters. The third-order valence-corrected chi connectivity index (χ3v) is 4.86. The summed E-state index contributed by atoms with van der Waals surface area (Å²) in [6.07, 6.45) is 8.72. The zero-order chi connectivity index (χ0) is 9.76. The predicted molar refractivity (Wildman–Crippen MR) is 55.9 cm³/mol. The van der Waals surface area contributed by atoms with Crippen LogP contribution in [0.15, 0.2) is 0 Å². The standard InChI is InChI=1S/C13H20O/c1-13(3-2-4-13)8-12(14)11-6-9-5-10(9)7-11/h9-11H,2-8H2,1H3. The van der Waals surface area contributed by atoms with Gasteiger partial charge in [0.05, 0.1) is 0 Å². The smallest absolute Gasteiger partial charge is 0.136 e. The topological polar surface area (TPSA) is 17.1 Å². The molecule has 3 saturated carbocycles. The van der Waals surface area contributed by atoms with Crippen molar-refractivity contribution in [1.82, 2.24) is 0 Å². The van der Waals surface area contributed by atoms with E-state index in [-0.39, 0.29) is 0 Å². The Balaban J connectivity index is 1.55. The molecule has 1 nitrogen and oxygen atoms in total. The maximum Gasteiger partial charge on any atom is 0.136 e. The second-order valence-corrected chi connectivity index (χ2v) is 6.23. The van der Waals surface area contributed by atoms with Crippen LogP contribution in [-0.2, 0) is 4.79 Å². The van der Waals surface area contributed by atoms with Crippen molar-refractivity contribution < 1.29 is 4.79 Å². The highest BCUT2D eigenvalue weighted by molar-refractivity contribution is 5.82. The lowest BCUT2D eigenvalue weighted by Gasteiger charge is -2.38. The molecule has 3 fully saturated rings. The number of carbonyl (C=O) groups is 1. The minimum absolute atomic E-state index is 0.407. The van der Waals surface area contributed by atoms with Gasteiger partial charge in [-0.2, -0.15) is 0 Å². The van der Waals surface area contributed by atoms with E-state index in [0.29, 0.717) is 17.1 Å². The van der Waals surface area contributed by atoms with Gasteiger partial charge in [0.25, 0.3) is 0 Å². The number of ketones is 1. The minimum atomic E-state index is 0.407. The highest BCUT2D eigenvalue weighted by Gasteiger charge is 2.48. The highest BCUT2D eigenvalue weighted by Crippen LogP contribution is 2.55. The third kappa shape index (κ3) is 1.41. The second kappa shape index (κ2) is 2.84. The van der Waals surface area contributed by atoms with Gasteiger partial charge in [-0.3, -0.25) is 4.79 Å². The van der Waals surface area contributed by atoms with Gasteiger partial charge in [0.15, 0.2) is 0 Å². The van der Waals surface area contributed by atoms with Gasteiger partial charge < -0.3 is 0 Å². The lowest BCUT2D eigenvalue weighted by molar-refractivity contribution is -0.126. The van der Waals surface area contributed by atoms with E-state index >= 15 is 0 Å². The SMILES string of the molecule is CC1(CC(=O)C2CC3CC3C2)CCC1. The van der Waals surface area contributed by atoms with Crippen LogP contribution in [0.5, 0.6) is 0 Å². The van der Waals surface area contributed by atoms with Gasteiger partial charge in [-0.25, -0.2) is 0 Å². The summed E-state index contributed by atoms with van der Waals surface area (Å²) in [5.41, 5.74) is 0.407. The van der Waals surface area contributed by atoms with E-state index in [9.17, 15) is 4.79 Å². The van der Waals surface area contributed by atoms with Crippen LogP contribution >= 0.6 is 0 Å². The fourth-order valence-electron chi connectivity index (χ4n) is 3.50. The molecule has 3 aliphatic carbocycles. The third-order valence-electron chi connectivity index (χ3n) is 4.86. The Morgan fingerprint density at radius 3 is 2.36 bits per heavy atom. The summed E-state index contributed by atoms with van der Waals surface area (Å²) >= 11 is 0. The summed E-state index contributed by atoms with van der Waals surface area (Å²) in [5, 5.41) is 0. The van der Waals surface area contributed by atoms with Crippen molar-refractivity contribution in [1.29, 1.82) is 0 Å². The minimum Gasteiger partial charge on any atom is -0.299 e. The molecule has 0 spiro atoms. The van der Waals surface area contributed by atoms with Crippen LogP contribution in [0.1, 0.15) is 51.9 Å². The molecule has 0 amide bonds. The van der Waals surface area contributed by atoms with Crippen molar-refractivity contribution >= 4 is 5.78 Å². The molecule has 78 valence electrons. The first-order valence-corrected chi connectivity index (χ1v) is 6.19. The maximum atomic E-state index is 12.0. The quantitative estimate of drug-likeness (QED) is 0.671. The molecule has 2 atom stereocenters. The molecule has 0 aromatic rings. The molecular formula is C13H20O. The fraction of sp³-hybridized carbons (Fsp3) is 0.923. The van der Waals surface area contributed by atoms with E-state index in [1.54, 1.807) is 0 Å². The van der Waals surface area contributed by atoms with E-state index in [0.717, 1.165) is 18.3 Å². The first-order valence-electron chi connectivity index (χ1n) is 6.19. The Morgan fingerprint density at radius 2 is 1.86 bits per heavy atom. The van der Waals surface area contributed by atoms with Crippen LogP contribution in [0, 0.1) is 23.2 Å². The van der Waals surface area contributed by atoms with Crippen molar-refractivity contribution in [3.63, 3.8) is 0 Å². The average molecular weight is 192 g/mol. The molecule has 1 heteroatoms. The van der Waals surface area contributed by atoms with E-state index in [1.165, 1.54) is 38.5 Å². The largest absolute Gasteiger partial charge is 0.299 e. The van der Waals surface area contributed by atoms with E-state index in [2.05, 4.69) is 6.92 Å². The monoisotopic (exact) mass is 192 g/mol. The van der Waals surface area contributed by atoms with Crippen LogP contribution < -0.4 is 0 Å². The number of Topliss-reactive ketones (excluding diaryl/α,β-unsaturated/α-hetero) is 1. The van der Waals surface area contributed by atoms with Gasteiger partial charge in [0.2, 0.25) is 0 Å². The van der Waals surface area contributed by atoms with Gasteiger partial charge >= 0.3 is 0 Å². The summed E-state index contributed by atoms with van der Waals surface area (Å²) in [7, 11) is 0. The number of rotatable bonds is 3. The first-order chi connectivity index (χ1) is 6.66. The lowest BCUT2D eigenvalue weighted by atomic mass is 9.66. The Labute approximate surface area is 86.3 Å². The Hall–Kier alpha value is -0.330. The van der Waals surface area contributed by atoms with Crippen molar-refractivity contribution in [3.8, 4) is 0 Å². The van der Waals surface area contributed by atoms with Gasteiger partial charge in [-0.15, -0.1) is 0 Å². The Morgan fingerprint density at radius 1 is 1.21 bits per heavy atom. The van der Waals surface area contributed by atoms with Crippen LogP contribution in [0.4, 0.5) is 0 Å². The van der Waals surface area contributed by atoms with Crippen molar-refractivity contribution in [2.24, 2.45) is 23.2 Å². The lowest BCUT2D eigenvalue weighted by Crippen LogP contribution is -2.30. The molecule has 3 aliphatic rings. The summed E-state index contributed by atoms with van der Waals surface area (Å²) in [6, 6.07) is 0. The Bertz CT molecular complexity index is 254. The van der Waals surface area contributed by atoms with E-state index < -0.39 is 0 Å². The Kier molecular flexibility index (Phi) is 1.81. The zero-order valence-corrected chi connectivity index (χ0v) is 9.09. The zero-order valence-electron chi connectivity index (χ0n) is 9.09. The van der Waals surface area contributed by atoms with Crippen LogP contribution in [0.3, 0.4) is 0 Å². The molecule has 0 heterocycles. The predicted octanol–water partition coefficient (Wildman–Crippen LogP) is 3.18. The van der Waals surface area contributed by atoms with Gasteiger partial charge in [-0.1, -0.05) is 13.3 Å². The molecule has 0 aromatic carbocycles. The molecule has 0 bridgehead atoms. The van der Waals surface area contributed by atoms with E-state index in [4.69, 9.17) is 0 Å². The normalized spacial score (nSPS) is 42.8. The second-order valence-electron chi connectivity index (χ2n) is 6.23. The summed E-state index contributed by atoms with van der Waals surface area (Å²) < 4.78 is 0. The molecule has 0 saturated heterocycles. The van der Waals surface area contributed by atoms with Gasteiger partial charge in [0, 0.05) is 12.3 Å². The molecular weight excluding hydrogens is 172 g/mol. The van der Waals surface area contributed by atoms with Crippen LogP contribution in [-0.4, -0.2) is 5.78 Å². The molecule has 0 N–H and O–H groups in total. The van der Waals surface area contributed by atoms with Crippen molar-refractivity contribution in [2.75, 3.05) is 0 Å². The highest BCUT2D eigenvalue weighted by atomic mass is 16.1. The van der Waals surface area contributed by atoms with Crippen LogP contribution in [0.2, 0.25) is 0 Å². The molecule has 0 aliphatic heterocycles. The first kappa shape index (κ1) is 8.94. The number of hydrogen-bond donors (Lipinski definition) is 0. The molecule has 3 rings (SSSR count). The van der Waals surface area contributed by atoms with Gasteiger partial charge in [0.1, 0.15) is 5.78 Å². The molecule has 0 radical (unpaired) electrons. The number of hydrogen-bond acceptors (Lipinski definition) is 1. The summed E-state index contributed by atoms with van der Waals surface area (Å²) in [5.74, 6) is 2.98. The van der Waals surface area contributed by atoms with Crippen LogP contribution in [0.25, 0.3) is 0 Å². The fourth-order valence-corrected chi connectivity index (χ4v) is 3.50. The number of fused-ring (bicyclic) bond motifs is 1.